The van der Waals surface area contributed by atoms with Crippen molar-refractivity contribution in [2.75, 3.05) is 0 Å². The molecule has 0 saturated carbocycles. The molecule has 0 aromatic heterocycles. The highest BCUT2D eigenvalue weighted by molar-refractivity contribution is 5.32. The van der Waals surface area contributed by atoms with E-state index in [-0.39, 0.29) is 0 Å². The first-order chi connectivity index (χ1) is 15.8. The van der Waals surface area contributed by atoms with Crippen LogP contribution in [-0.4, -0.2) is 0 Å². The zero-order valence-electron chi connectivity index (χ0n) is 20.6. The Labute approximate surface area is 197 Å². The molecule has 3 atom stereocenters. The van der Waals surface area contributed by atoms with E-state index >= 15 is 0 Å². The fourth-order valence-corrected chi connectivity index (χ4v) is 4.69. The normalized spacial score (nSPS) is 18.4. The van der Waals surface area contributed by atoms with E-state index in [4.69, 9.17) is 0 Å². The van der Waals surface area contributed by atoms with E-state index in [0.29, 0.717) is 17.8 Å². The summed E-state index contributed by atoms with van der Waals surface area (Å²) in [6.45, 7) is 8.56. The summed E-state index contributed by atoms with van der Waals surface area (Å²) in [5.74, 6) is 1.98. The van der Waals surface area contributed by atoms with Crippen LogP contribution in [0.15, 0.2) is 109 Å². The van der Waals surface area contributed by atoms with Crippen molar-refractivity contribution in [3.63, 3.8) is 0 Å². The summed E-state index contributed by atoms with van der Waals surface area (Å²) in [6.07, 6.45) is 21.7. The second-order valence-electron chi connectivity index (χ2n) is 8.22. The SMILES string of the molecule is CC.CCC(C1=CC=CCC1)c1ccccc1.CCC(c1ccccc1)C1C=CC=CC1. The van der Waals surface area contributed by atoms with Crippen molar-refractivity contribution in [3.05, 3.63) is 120 Å². The van der Waals surface area contributed by atoms with E-state index in [1.807, 2.05) is 13.8 Å². The van der Waals surface area contributed by atoms with Gasteiger partial charge in [0.15, 0.2) is 0 Å². The molecular formula is C32H42. The summed E-state index contributed by atoms with van der Waals surface area (Å²) in [5.41, 5.74) is 4.53. The van der Waals surface area contributed by atoms with Gasteiger partial charge in [-0.25, -0.2) is 0 Å². The molecule has 0 nitrogen and oxygen atoms in total. The van der Waals surface area contributed by atoms with E-state index in [0.717, 1.165) is 0 Å². The van der Waals surface area contributed by atoms with Gasteiger partial charge in [0.05, 0.1) is 0 Å². The highest BCUT2D eigenvalue weighted by Crippen LogP contribution is 2.33. The summed E-state index contributed by atoms with van der Waals surface area (Å²) >= 11 is 0. The Morgan fingerprint density at radius 2 is 1.41 bits per heavy atom. The van der Waals surface area contributed by atoms with Gasteiger partial charge in [-0.1, -0.05) is 136 Å². The maximum Gasteiger partial charge on any atom is 0.00487 e. The molecule has 3 unspecified atom stereocenters. The van der Waals surface area contributed by atoms with Crippen LogP contribution in [0.3, 0.4) is 0 Å². The van der Waals surface area contributed by atoms with E-state index in [9.17, 15) is 0 Å². The average Bonchev–Trinajstić information content (AvgIpc) is 2.89. The Kier molecular flexibility index (Phi) is 12.2. The van der Waals surface area contributed by atoms with E-state index in [1.54, 1.807) is 5.57 Å². The lowest BCUT2D eigenvalue weighted by Gasteiger charge is -2.24. The molecule has 2 aliphatic rings. The van der Waals surface area contributed by atoms with Crippen molar-refractivity contribution < 1.29 is 0 Å². The van der Waals surface area contributed by atoms with Crippen LogP contribution in [0.4, 0.5) is 0 Å². The maximum atomic E-state index is 2.35. The molecule has 0 N–H and O–H groups in total. The van der Waals surface area contributed by atoms with Gasteiger partial charge in [-0.2, -0.15) is 0 Å². The lowest BCUT2D eigenvalue weighted by Crippen LogP contribution is -2.10. The predicted molar refractivity (Wildman–Crippen MR) is 143 cm³/mol. The van der Waals surface area contributed by atoms with Crippen LogP contribution < -0.4 is 0 Å². The molecule has 0 bridgehead atoms. The highest BCUT2D eigenvalue weighted by Gasteiger charge is 2.18. The number of rotatable bonds is 6. The molecule has 0 amide bonds. The largest absolute Gasteiger partial charge is 0.0842 e. The summed E-state index contributed by atoms with van der Waals surface area (Å²) in [6, 6.07) is 21.7. The highest BCUT2D eigenvalue weighted by atomic mass is 14.2. The van der Waals surface area contributed by atoms with Crippen molar-refractivity contribution in [1.29, 1.82) is 0 Å². The van der Waals surface area contributed by atoms with Gasteiger partial charge in [0.1, 0.15) is 0 Å². The first-order valence-corrected chi connectivity index (χ1v) is 12.6. The predicted octanol–water partition coefficient (Wildman–Crippen LogP) is 9.80. The minimum absolute atomic E-state index is 0.621. The third-order valence-corrected chi connectivity index (χ3v) is 6.30. The van der Waals surface area contributed by atoms with E-state index in [1.165, 1.54) is 43.2 Å². The van der Waals surface area contributed by atoms with Gasteiger partial charge in [-0.3, -0.25) is 0 Å². The van der Waals surface area contributed by atoms with Crippen LogP contribution in [0.1, 0.15) is 82.8 Å². The van der Waals surface area contributed by atoms with Crippen LogP contribution in [0, 0.1) is 5.92 Å². The molecule has 2 aliphatic carbocycles. The summed E-state index contributed by atoms with van der Waals surface area (Å²) < 4.78 is 0. The van der Waals surface area contributed by atoms with Gasteiger partial charge >= 0.3 is 0 Å². The van der Waals surface area contributed by atoms with Gasteiger partial charge in [-0.05, 0) is 55.1 Å². The minimum atomic E-state index is 0.621. The molecule has 2 aromatic carbocycles. The fourth-order valence-electron chi connectivity index (χ4n) is 4.69. The number of allylic oxidation sites excluding steroid dienone is 8. The molecule has 0 spiro atoms. The summed E-state index contributed by atoms with van der Waals surface area (Å²) in [5, 5.41) is 0. The van der Waals surface area contributed by atoms with Gasteiger partial charge in [0, 0.05) is 5.92 Å². The van der Waals surface area contributed by atoms with Crippen molar-refractivity contribution >= 4 is 0 Å². The molecule has 4 rings (SSSR count). The lowest BCUT2D eigenvalue weighted by molar-refractivity contribution is 0.494. The smallest absolute Gasteiger partial charge is 0.00487 e. The monoisotopic (exact) mass is 426 g/mol. The first kappa shape index (κ1) is 25.7. The Bertz CT molecular complexity index is 851. The summed E-state index contributed by atoms with van der Waals surface area (Å²) in [7, 11) is 0. The quantitative estimate of drug-likeness (QED) is 0.431. The van der Waals surface area contributed by atoms with Crippen molar-refractivity contribution in [1.82, 2.24) is 0 Å². The topological polar surface area (TPSA) is 0 Å². The maximum absolute atomic E-state index is 2.35. The molecule has 0 heteroatoms. The molecule has 0 radical (unpaired) electrons. The third-order valence-electron chi connectivity index (χ3n) is 6.30. The van der Waals surface area contributed by atoms with Crippen molar-refractivity contribution in [3.8, 4) is 0 Å². The Morgan fingerprint density at radius 3 is 1.91 bits per heavy atom. The van der Waals surface area contributed by atoms with Crippen LogP contribution >= 0.6 is 0 Å². The van der Waals surface area contributed by atoms with E-state index in [2.05, 4.69) is 117 Å². The molecule has 2 aromatic rings. The van der Waals surface area contributed by atoms with Crippen molar-refractivity contribution in [2.45, 2.75) is 71.6 Å². The molecular weight excluding hydrogens is 384 g/mol. The Hall–Kier alpha value is -2.60. The molecule has 0 saturated heterocycles. The molecule has 32 heavy (non-hydrogen) atoms. The average molecular weight is 427 g/mol. The second kappa shape index (κ2) is 15.2. The number of benzene rings is 2. The lowest BCUT2D eigenvalue weighted by atomic mass is 9.81. The van der Waals surface area contributed by atoms with Crippen LogP contribution in [0.5, 0.6) is 0 Å². The number of hydrogen-bond acceptors (Lipinski definition) is 0. The first-order valence-electron chi connectivity index (χ1n) is 12.6. The molecule has 170 valence electrons. The van der Waals surface area contributed by atoms with E-state index < -0.39 is 0 Å². The Balaban J connectivity index is 0.000000211. The second-order valence-corrected chi connectivity index (χ2v) is 8.22. The van der Waals surface area contributed by atoms with Gasteiger partial charge in [0.25, 0.3) is 0 Å². The van der Waals surface area contributed by atoms with Gasteiger partial charge < -0.3 is 0 Å². The van der Waals surface area contributed by atoms with Gasteiger partial charge in [-0.15, -0.1) is 0 Å². The van der Waals surface area contributed by atoms with Crippen LogP contribution in [0.2, 0.25) is 0 Å². The van der Waals surface area contributed by atoms with Crippen LogP contribution in [0.25, 0.3) is 0 Å². The zero-order chi connectivity index (χ0) is 23.0. The number of hydrogen-bond donors (Lipinski definition) is 0. The Morgan fingerprint density at radius 1 is 0.750 bits per heavy atom. The third kappa shape index (κ3) is 7.83. The molecule has 0 heterocycles. The van der Waals surface area contributed by atoms with Gasteiger partial charge in [0.2, 0.25) is 0 Å². The molecule has 0 aliphatic heterocycles. The fraction of sp³-hybridized carbons (Fsp3) is 0.375. The minimum Gasteiger partial charge on any atom is -0.0842 e. The standard InChI is InChI=1S/2C15H18.C2H6/c2*1-2-15(13-9-5-3-6-10-13)14-11-7-4-8-12-14;1-2/h3-7,9-11,15H,2,8,12H2,1H3;3-11,14-15H,2,12H2,1H3;1-2H3. The molecule has 0 fully saturated rings. The summed E-state index contributed by atoms with van der Waals surface area (Å²) in [4.78, 5) is 0. The van der Waals surface area contributed by atoms with Crippen molar-refractivity contribution in [2.24, 2.45) is 5.92 Å². The van der Waals surface area contributed by atoms with Crippen LogP contribution in [-0.2, 0) is 0 Å². The zero-order valence-corrected chi connectivity index (χ0v) is 20.6.